The minimum absolute atomic E-state index is 0.0895. The fourth-order valence-electron chi connectivity index (χ4n) is 1.24. The molecule has 0 unspecified atom stereocenters. The number of ether oxygens (including phenoxy) is 1. The van der Waals surface area contributed by atoms with E-state index in [1.807, 2.05) is 0 Å². The number of rotatable bonds is 6. The Morgan fingerprint density at radius 2 is 2.00 bits per heavy atom. The van der Waals surface area contributed by atoms with Crippen LogP contribution in [0.15, 0.2) is 27.6 Å². The van der Waals surface area contributed by atoms with Crippen molar-refractivity contribution in [2.75, 3.05) is 25.5 Å². The molecule has 0 aliphatic heterocycles. The summed E-state index contributed by atoms with van der Waals surface area (Å²) in [4.78, 5) is -0.0895. The molecule has 0 amide bonds. The second-order valence-corrected chi connectivity index (χ2v) is 6.35. The molecular formula is C10H12BrF3N2O3S. The van der Waals surface area contributed by atoms with Crippen molar-refractivity contribution >= 4 is 31.6 Å². The molecule has 0 saturated carbocycles. The third kappa shape index (κ3) is 5.65. The molecule has 0 saturated heterocycles. The average molecular weight is 377 g/mol. The Morgan fingerprint density at radius 3 is 2.60 bits per heavy atom. The third-order valence-electron chi connectivity index (χ3n) is 2.05. The second kappa shape index (κ2) is 6.74. The fourth-order valence-corrected chi connectivity index (χ4v) is 3.25. The van der Waals surface area contributed by atoms with Gasteiger partial charge in [0, 0.05) is 16.7 Å². The molecular weight excluding hydrogens is 365 g/mol. The third-order valence-corrected chi connectivity index (χ3v) is 4.50. The highest BCUT2D eigenvalue weighted by atomic mass is 79.9. The minimum atomic E-state index is -4.43. The second-order valence-electron chi connectivity index (χ2n) is 3.76. The van der Waals surface area contributed by atoms with Gasteiger partial charge < -0.3 is 10.5 Å². The predicted molar refractivity (Wildman–Crippen MR) is 70.6 cm³/mol. The first-order valence-electron chi connectivity index (χ1n) is 5.31. The normalized spacial score (nSPS) is 12.6. The summed E-state index contributed by atoms with van der Waals surface area (Å²) in [5.74, 6) is 0. The fraction of sp³-hybridized carbons (Fsp3) is 0.400. The van der Waals surface area contributed by atoms with E-state index in [1.54, 1.807) is 0 Å². The lowest BCUT2D eigenvalue weighted by molar-refractivity contribution is -0.173. The lowest BCUT2D eigenvalue weighted by atomic mass is 10.3. The maximum atomic E-state index is 11.9. The summed E-state index contributed by atoms with van der Waals surface area (Å²) in [5, 5.41) is 0. The van der Waals surface area contributed by atoms with Crippen molar-refractivity contribution in [1.82, 2.24) is 4.72 Å². The van der Waals surface area contributed by atoms with Crippen LogP contribution in [0.4, 0.5) is 18.9 Å². The van der Waals surface area contributed by atoms with E-state index in [4.69, 9.17) is 5.73 Å². The molecule has 0 spiro atoms. The highest BCUT2D eigenvalue weighted by Gasteiger charge is 2.27. The molecule has 5 nitrogen and oxygen atoms in total. The van der Waals surface area contributed by atoms with Gasteiger partial charge in [-0.3, -0.25) is 0 Å². The van der Waals surface area contributed by atoms with E-state index in [-0.39, 0.29) is 17.1 Å². The first kappa shape index (κ1) is 17.2. The Kier molecular flexibility index (Phi) is 5.80. The van der Waals surface area contributed by atoms with E-state index < -0.39 is 29.4 Å². The summed E-state index contributed by atoms with van der Waals surface area (Å²) in [6, 6.07) is 4.21. The molecule has 1 aromatic rings. The van der Waals surface area contributed by atoms with E-state index >= 15 is 0 Å². The van der Waals surface area contributed by atoms with Crippen molar-refractivity contribution in [2.45, 2.75) is 11.1 Å². The number of alkyl halides is 3. The molecule has 0 radical (unpaired) electrons. The zero-order chi connectivity index (χ0) is 15.4. The van der Waals surface area contributed by atoms with Crippen LogP contribution in [0.25, 0.3) is 0 Å². The smallest absolute Gasteiger partial charge is 0.399 e. The van der Waals surface area contributed by atoms with Crippen LogP contribution >= 0.6 is 15.9 Å². The Morgan fingerprint density at radius 1 is 1.35 bits per heavy atom. The van der Waals surface area contributed by atoms with Crippen LogP contribution in [-0.2, 0) is 14.8 Å². The van der Waals surface area contributed by atoms with Gasteiger partial charge in [-0.25, -0.2) is 13.1 Å². The molecule has 1 aromatic carbocycles. The molecule has 1 rings (SSSR count). The number of nitrogens with one attached hydrogen (secondary N) is 1. The summed E-state index contributed by atoms with van der Waals surface area (Å²) in [6.07, 6.45) is -4.43. The van der Waals surface area contributed by atoms with E-state index in [1.165, 1.54) is 18.2 Å². The number of hydrogen-bond acceptors (Lipinski definition) is 4. The summed E-state index contributed by atoms with van der Waals surface area (Å²) in [6.45, 7) is -2.09. The van der Waals surface area contributed by atoms with Crippen LogP contribution in [0.3, 0.4) is 0 Å². The molecule has 0 heterocycles. The zero-order valence-corrected chi connectivity index (χ0v) is 12.5. The minimum Gasteiger partial charge on any atom is -0.399 e. The summed E-state index contributed by atoms with van der Waals surface area (Å²) < 4.78 is 65.9. The topological polar surface area (TPSA) is 81.4 Å². The van der Waals surface area contributed by atoms with Crippen molar-refractivity contribution in [3.05, 3.63) is 22.7 Å². The monoisotopic (exact) mass is 376 g/mol. The van der Waals surface area contributed by atoms with Gasteiger partial charge in [-0.2, -0.15) is 13.2 Å². The number of benzene rings is 1. The van der Waals surface area contributed by atoms with Gasteiger partial charge in [-0.1, -0.05) is 0 Å². The Balaban J connectivity index is 2.56. The number of hydrogen-bond donors (Lipinski definition) is 2. The van der Waals surface area contributed by atoms with Gasteiger partial charge in [0.05, 0.1) is 11.5 Å². The Labute approximate surface area is 122 Å². The first-order chi connectivity index (χ1) is 9.12. The highest BCUT2D eigenvalue weighted by Crippen LogP contribution is 2.23. The van der Waals surface area contributed by atoms with Crippen LogP contribution in [0, 0.1) is 0 Å². The lowest BCUT2D eigenvalue weighted by Gasteiger charge is -2.10. The molecule has 10 heteroatoms. The van der Waals surface area contributed by atoms with Crippen LogP contribution in [0.1, 0.15) is 0 Å². The molecule has 0 aliphatic rings. The number of nitrogen functional groups attached to an aromatic ring is 1. The molecule has 0 bridgehead atoms. The van der Waals surface area contributed by atoms with Crippen molar-refractivity contribution in [2.24, 2.45) is 0 Å². The van der Waals surface area contributed by atoms with Gasteiger partial charge in [0.25, 0.3) is 0 Å². The molecule has 0 aliphatic carbocycles. The zero-order valence-electron chi connectivity index (χ0n) is 10.1. The van der Waals surface area contributed by atoms with Gasteiger partial charge in [0.15, 0.2) is 0 Å². The van der Waals surface area contributed by atoms with Crippen molar-refractivity contribution in [3.63, 3.8) is 0 Å². The Hall–Kier alpha value is -0.840. The van der Waals surface area contributed by atoms with Crippen LogP contribution in [-0.4, -0.2) is 34.4 Å². The summed E-state index contributed by atoms with van der Waals surface area (Å²) in [5.41, 5.74) is 5.74. The molecule has 20 heavy (non-hydrogen) atoms. The average Bonchev–Trinajstić information content (AvgIpc) is 2.30. The number of anilines is 1. The largest absolute Gasteiger partial charge is 0.411 e. The van der Waals surface area contributed by atoms with Crippen LogP contribution < -0.4 is 10.5 Å². The molecule has 3 N–H and O–H groups in total. The molecule has 114 valence electrons. The quantitative estimate of drug-likeness (QED) is 0.586. The van der Waals surface area contributed by atoms with Gasteiger partial charge in [-0.05, 0) is 34.1 Å². The maximum Gasteiger partial charge on any atom is 0.411 e. The highest BCUT2D eigenvalue weighted by molar-refractivity contribution is 9.10. The lowest BCUT2D eigenvalue weighted by Crippen LogP contribution is -2.29. The predicted octanol–water partition coefficient (Wildman–Crippen LogP) is 1.89. The van der Waals surface area contributed by atoms with Gasteiger partial charge >= 0.3 is 6.18 Å². The van der Waals surface area contributed by atoms with Crippen LogP contribution in [0.2, 0.25) is 0 Å². The van der Waals surface area contributed by atoms with Gasteiger partial charge in [0.2, 0.25) is 10.0 Å². The maximum absolute atomic E-state index is 11.9. The van der Waals surface area contributed by atoms with Crippen molar-refractivity contribution < 1.29 is 26.3 Å². The van der Waals surface area contributed by atoms with Gasteiger partial charge in [-0.15, -0.1) is 0 Å². The SMILES string of the molecule is Nc1ccc(Br)c(S(=O)(=O)NCCOCC(F)(F)F)c1. The number of halogens is 4. The van der Waals surface area contributed by atoms with Crippen LogP contribution in [0.5, 0.6) is 0 Å². The van der Waals surface area contributed by atoms with E-state index in [0.29, 0.717) is 4.47 Å². The first-order valence-corrected chi connectivity index (χ1v) is 7.58. The van der Waals surface area contributed by atoms with E-state index in [0.717, 1.165) is 0 Å². The van der Waals surface area contributed by atoms with E-state index in [2.05, 4.69) is 25.4 Å². The molecule has 0 fully saturated rings. The summed E-state index contributed by atoms with van der Waals surface area (Å²) in [7, 11) is -3.87. The number of sulfonamides is 1. The van der Waals surface area contributed by atoms with E-state index in [9.17, 15) is 21.6 Å². The standard InChI is InChI=1S/C10H12BrF3N2O3S/c11-8-2-1-7(15)5-9(8)20(17,18)16-3-4-19-6-10(12,13)14/h1-2,5,16H,3-4,6,15H2. The van der Waals surface area contributed by atoms with Crippen molar-refractivity contribution in [1.29, 1.82) is 0 Å². The molecule has 0 aromatic heterocycles. The number of nitrogens with two attached hydrogens (primary N) is 1. The van der Waals surface area contributed by atoms with Gasteiger partial charge in [0.1, 0.15) is 6.61 Å². The molecule has 0 atom stereocenters. The van der Waals surface area contributed by atoms with Crippen molar-refractivity contribution in [3.8, 4) is 0 Å². The summed E-state index contributed by atoms with van der Waals surface area (Å²) >= 11 is 3.06. The Bertz CT molecular complexity index is 563.